The number of hydrogen-bond acceptors (Lipinski definition) is 5. The monoisotopic (exact) mass is 346 g/mol. The number of nitrogens with zero attached hydrogens (tertiary/aromatic N) is 4. The molecule has 0 aliphatic rings. The largest absolute Gasteiger partial charge is 0.496 e. The van der Waals surface area contributed by atoms with Gasteiger partial charge in [-0.15, -0.1) is 10.2 Å². The number of benzene rings is 2. The summed E-state index contributed by atoms with van der Waals surface area (Å²) >= 11 is 0. The van der Waals surface area contributed by atoms with Crippen molar-refractivity contribution in [3.63, 3.8) is 0 Å². The summed E-state index contributed by atoms with van der Waals surface area (Å²) in [5.41, 5.74) is 4.37. The minimum Gasteiger partial charge on any atom is -0.496 e. The fourth-order valence-corrected chi connectivity index (χ4v) is 2.92. The molecule has 6 heteroatoms. The SMILES string of the molecule is COc1cc(-c2ccc3nnc(-c4ccccc4OC)n3n2)ccc1C. The third-order valence-corrected chi connectivity index (χ3v) is 4.31. The van der Waals surface area contributed by atoms with Gasteiger partial charge in [-0.05, 0) is 42.8 Å². The fourth-order valence-electron chi connectivity index (χ4n) is 2.92. The first-order chi connectivity index (χ1) is 12.7. The van der Waals surface area contributed by atoms with Gasteiger partial charge in [-0.3, -0.25) is 0 Å². The molecule has 4 rings (SSSR count). The normalized spacial score (nSPS) is 10.9. The lowest BCUT2D eigenvalue weighted by molar-refractivity contribution is 0.412. The molecule has 2 aromatic heterocycles. The first-order valence-corrected chi connectivity index (χ1v) is 8.22. The Morgan fingerprint density at radius 1 is 0.846 bits per heavy atom. The molecule has 6 nitrogen and oxygen atoms in total. The smallest absolute Gasteiger partial charge is 0.189 e. The second-order valence-corrected chi connectivity index (χ2v) is 5.90. The van der Waals surface area contributed by atoms with Crippen molar-refractivity contribution in [2.75, 3.05) is 14.2 Å². The number of aryl methyl sites for hydroxylation is 1. The standard InChI is InChI=1S/C20H18N4O2/c1-13-8-9-14(12-18(13)26-3)16-10-11-19-21-22-20(24(19)23-16)15-6-4-5-7-17(15)25-2/h4-12H,1-3H3. The second kappa shape index (κ2) is 6.48. The second-order valence-electron chi connectivity index (χ2n) is 5.90. The van der Waals surface area contributed by atoms with E-state index >= 15 is 0 Å². The van der Waals surface area contributed by atoms with Crippen LogP contribution in [0.15, 0.2) is 54.6 Å². The van der Waals surface area contributed by atoms with Gasteiger partial charge in [0.25, 0.3) is 0 Å². The predicted molar refractivity (Wildman–Crippen MR) is 99.5 cm³/mol. The van der Waals surface area contributed by atoms with Crippen LogP contribution in [-0.4, -0.2) is 34.0 Å². The summed E-state index contributed by atoms with van der Waals surface area (Å²) < 4.78 is 12.6. The van der Waals surface area contributed by atoms with Crippen LogP contribution in [0.1, 0.15) is 5.56 Å². The van der Waals surface area contributed by atoms with Crippen LogP contribution < -0.4 is 9.47 Å². The van der Waals surface area contributed by atoms with Crippen LogP contribution in [0.2, 0.25) is 0 Å². The van der Waals surface area contributed by atoms with E-state index in [1.807, 2.05) is 61.5 Å². The Balaban J connectivity index is 1.88. The maximum atomic E-state index is 5.45. The summed E-state index contributed by atoms with van der Waals surface area (Å²) in [5, 5.41) is 13.3. The molecule has 0 spiro atoms. The minimum atomic E-state index is 0.637. The van der Waals surface area contributed by atoms with Crippen molar-refractivity contribution in [1.82, 2.24) is 19.8 Å². The van der Waals surface area contributed by atoms with Gasteiger partial charge in [0.2, 0.25) is 0 Å². The van der Waals surface area contributed by atoms with E-state index < -0.39 is 0 Å². The number of hydrogen-bond donors (Lipinski definition) is 0. The number of ether oxygens (including phenoxy) is 2. The molecule has 0 bridgehead atoms. The molecule has 0 aliphatic heterocycles. The lowest BCUT2D eigenvalue weighted by Crippen LogP contribution is -1.99. The van der Waals surface area contributed by atoms with E-state index in [-0.39, 0.29) is 0 Å². The zero-order valence-electron chi connectivity index (χ0n) is 14.8. The van der Waals surface area contributed by atoms with Crippen LogP contribution in [0.25, 0.3) is 28.3 Å². The van der Waals surface area contributed by atoms with Gasteiger partial charge < -0.3 is 9.47 Å². The molecule has 0 N–H and O–H groups in total. The molecule has 0 atom stereocenters. The summed E-state index contributed by atoms with van der Waals surface area (Å²) in [4.78, 5) is 0. The first kappa shape index (κ1) is 16.1. The Kier molecular flexibility index (Phi) is 4.01. The molecular formula is C20H18N4O2. The van der Waals surface area contributed by atoms with Crippen molar-refractivity contribution < 1.29 is 9.47 Å². The summed E-state index contributed by atoms with van der Waals surface area (Å²) in [6.07, 6.45) is 0. The van der Waals surface area contributed by atoms with E-state index in [4.69, 9.17) is 14.6 Å². The number of fused-ring (bicyclic) bond motifs is 1. The van der Waals surface area contributed by atoms with E-state index in [0.717, 1.165) is 33.9 Å². The quantitative estimate of drug-likeness (QED) is 0.563. The maximum Gasteiger partial charge on any atom is 0.189 e. The molecule has 0 amide bonds. The minimum absolute atomic E-state index is 0.637. The predicted octanol–water partition coefficient (Wildman–Crippen LogP) is 3.78. The summed E-state index contributed by atoms with van der Waals surface area (Å²) in [5.74, 6) is 2.20. The van der Waals surface area contributed by atoms with E-state index in [0.29, 0.717) is 11.5 Å². The molecule has 0 saturated carbocycles. The molecule has 130 valence electrons. The fraction of sp³-hybridized carbons (Fsp3) is 0.150. The molecule has 4 aromatic rings. The molecule has 2 aromatic carbocycles. The van der Waals surface area contributed by atoms with E-state index in [9.17, 15) is 0 Å². The zero-order chi connectivity index (χ0) is 18.1. The first-order valence-electron chi connectivity index (χ1n) is 8.22. The maximum absolute atomic E-state index is 5.45. The van der Waals surface area contributed by atoms with Gasteiger partial charge in [-0.25, -0.2) is 0 Å². The number of methoxy groups -OCH3 is 2. The molecule has 2 heterocycles. The zero-order valence-corrected chi connectivity index (χ0v) is 14.8. The van der Waals surface area contributed by atoms with Crippen molar-refractivity contribution in [3.8, 4) is 34.1 Å². The Hall–Kier alpha value is -3.41. The number of rotatable bonds is 4. The summed E-state index contributed by atoms with van der Waals surface area (Å²) in [6, 6.07) is 17.6. The molecular weight excluding hydrogens is 328 g/mol. The third-order valence-electron chi connectivity index (χ3n) is 4.31. The lowest BCUT2D eigenvalue weighted by Gasteiger charge is -2.09. The third kappa shape index (κ3) is 2.65. The van der Waals surface area contributed by atoms with Crippen LogP contribution in [0, 0.1) is 6.92 Å². The number of aromatic nitrogens is 4. The summed E-state index contributed by atoms with van der Waals surface area (Å²) in [7, 11) is 3.31. The van der Waals surface area contributed by atoms with E-state index in [2.05, 4.69) is 10.2 Å². The molecule has 0 radical (unpaired) electrons. The van der Waals surface area contributed by atoms with Crippen molar-refractivity contribution in [2.45, 2.75) is 6.92 Å². The average molecular weight is 346 g/mol. The average Bonchev–Trinajstić information content (AvgIpc) is 3.11. The summed E-state index contributed by atoms with van der Waals surface area (Å²) in [6.45, 7) is 2.01. The van der Waals surface area contributed by atoms with Crippen molar-refractivity contribution in [3.05, 3.63) is 60.2 Å². The van der Waals surface area contributed by atoms with Crippen LogP contribution in [0.4, 0.5) is 0 Å². The highest BCUT2D eigenvalue weighted by atomic mass is 16.5. The van der Waals surface area contributed by atoms with Crippen LogP contribution in [0.3, 0.4) is 0 Å². The van der Waals surface area contributed by atoms with Gasteiger partial charge in [-0.1, -0.05) is 24.3 Å². The van der Waals surface area contributed by atoms with Gasteiger partial charge in [0.15, 0.2) is 11.5 Å². The van der Waals surface area contributed by atoms with Crippen LogP contribution >= 0.6 is 0 Å². The molecule has 0 unspecified atom stereocenters. The molecule has 0 saturated heterocycles. The van der Waals surface area contributed by atoms with Crippen molar-refractivity contribution in [2.24, 2.45) is 0 Å². The van der Waals surface area contributed by atoms with E-state index in [1.165, 1.54) is 0 Å². The van der Waals surface area contributed by atoms with Crippen molar-refractivity contribution in [1.29, 1.82) is 0 Å². The van der Waals surface area contributed by atoms with Crippen molar-refractivity contribution >= 4 is 5.65 Å². The van der Waals surface area contributed by atoms with Crippen LogP contribution in [-0.2, 0) is 0 Å². The topological polar surface area (TPSA) is 61.5 Å². The highest BCUT2D eigenvalue weighted by Crippen LogP contribution is 2.29. The molecule has 26 heavy (non-hydrogen) atoms. The number of para-hydroxylation sites is 1. The Morgan fingerprint density at radius 3 is 2.46 bits per heavy atom. The highest BCUT2D eigenvalue weighted by Gasteiger charge is 2.14. The van der Waals surface area contributed by atoms with Gasteiger partial charge >= 0.3 is 0 Å². The Morgan fingerprint density at radius 2 is 1.65 bits per heavy atom. The Labute approximate surface area is 151 Å². The highest BCUT2D eigenvalue weighted by molar-refractivity contribution is 5.68. The van der Waals surface area contributed by atoms with E-state index in [1.54, 1.807) is 18.7 Å². The lowest BCUT2D eigenvalue weighted by atomic mass is 10.1. The molecule has 0 aliphatic carbocycles. The van der Waals surface area contributed by atoms with Gasteiger partial charge in [0, 0.05) is 5.56 Å². The molecule has 0 fully saturated rings. The van der Waals surface area contributed by atoms with Gasteiger partial charge in [0.1, 0.15) is 11.5 Å². The van der Waals surface area contributed by atoms with Gasteiger partial charge in [-0.2, -0.15) is 9.61 Å². The Bertz CT molecular complexity index is 1090. The van der Waals surface area contributed by atoms with Crippen LogP contribution in [0.5, 0.6) is 11.5 Å². The van der Waals surface area contributed by atoms with Gasteiger partial charge in [0.05, 0.1) is 25.5 Å².